The van der Waals surface area contributed by atoms with E-state index < -0.39 is 0 Å². The lowest BCUT2D eigenvalue weighted by atomic mass is 10.2. The Morgan fingerprint density at radius 3 is 2.62 bits per heavy atom. The highest BCUT2D eigenvalue weighted by atomic mass is 35.5. The van der Waals surface area contributed by atoms with Crippen molar-refractivity contribution in [2.75, 3.05) is 26.3 Å². The molecule has 0 unspecified atom stereocenters. The van der Waals surface area contributed by atoms with Gasteiger partial charge in [-0.15, -0.1) is 10.2 Å². The van der Waals surface area contributed by atoms with Crippen molar-refractivity contribution in [2.45, 2.75) is 13.0 Å². The van der Waals surface area contributed by atoms with Gasteiger partial charge in [-0.25, -0.2) is 0 Å². The average molecular weight is 312 g/mol. The van der Waals surface area contributed by atoms with Crippen LogP contribution in [0, 0.1) is 0 Å². The van der Waals surface area contributed by atoms with E-state index in [1.54, 1.807) is 6.07 Å². The molecule has 0 amide bonds. The summed E-state index contributed by atoms with van der Waals surface area (Å²) in [4.78, 5) is 1.94. The fourth-order valence-electron chi connectivity index (χ4n) is 1.96. The number of aliphatic hydroxyl groups is 2. The van der Waals surface area contributed by atoms with Crippen molar-refractivity contribution in [3.8, 4) is 11.5 Å². The normalized spacial score (nSPS) is 11.2. The average Bonchev–Trinajstić information content (AvgIpc) is 2.94. The van der Waals surface area contributed by atoms with Crippen molar-refractivity contribution >= 4 is 11.6 Å². The van der Waals surface area contributed by atoms with E-state index in [-0.39, 0.29) is 13.2 Å². The number of nitrogens with zero attached hydrogens (tertiary/aromatic N) is 3. The highest BCUT2D eigenvalue weighted by molar-refractivity contribution is 6.33. The van der Waals surface area contributed by atoms with E-state index in [2.05, 4.69) is 10.2 Å². The van der Waals surface area contributed by atoms with Gasteiger partial charge in [0.2, 0.25) is 11.8 Å². The summed E-state index contributed by atoms with van der Waals surface area (Å²) in [6.45, 7) is 1.72. The second-order valence-electron chi connectivity index (χ2n) is 4.56. The monoisotopic (exact) mass is 311 g/mol. The number of rotatable bonds is 8. The van der Waals surface area contributed by atoms with Gasteiger partial charge in [-0.3, -0.25) is 4.90 Å². The van der Waals surface area contributed by atoms with Crippen LogP contribution in [0.2, 0.25) is 5.02 Å². The summed E-state index contributed by atoms with van der Waals surface area (Å²) in [6.07, 6.45) is 0.630. The first kappa shape index (κ1) is 15.9. The third kappa shape index (κ3) is 4.50. The minimum Gasteiger partial charge on any atom is -0.419 e. The molecule has 114 valence electrons. The summed E-state index contributed by atoms with van der Waals surface area (Å²) >= 11 is 6.09. The van der Waals surface area contributed by atoms with Crippen LogP contribution in [0.5, 0.6) is 0 Å². The van der Waals surface area contributed by atoms with E-state index in [4.69, 9.17) is 26.2 Å². The third-order valence-electron chi connectivity index (χ3n) is 2.98. The molecule has 2 N–H and O–H groups in total. The Kier molecular flexibility index (Phi) is 6.13. The zero-order chi connectivity index (χ0) is 15.1. The Bertz CT molecular complexity index is 562. The van der Waals surface area contributed by atoms with Gasteiger partial charge in [0.1, 0.15) is 0 Å². The van der Waals surface area contributed by atoms with Gasteiger partial charge in [0.15, 0.2) is 0 Å². The van der Waals surface area contributed by atoms with Crippen molar-refractivity contribution in [1.82, 2.24) is 15.1 Å². The molecule has 2 aromatic rings. The number of hydrogen-bond donors (Lipinski definition) is 2. The van der Waals surface area contributed by atoms with Crippen LogP contribution in [0.3, 0.4) is 0 Å². The fraction of sp³-hybridized carbons (Fsp3) is 0.429. The van der Waals surface area contributed by atoms with Crippen LogP contribution in [0.1, 0.15) is 12.3 Å². The molecule has 0 spiro atoms. The summed E-state index contributed by atoms with van der Waals surface area (Å²) in [6, 6.07) is 7.27. The van der Waals surface area contributed by atoms with Crippen LogP contribution < -0.4 is 0 Å². The molecule has 0 radical (unpaired) electrons. The van der Waals surface area contributed by atoms with Crippen molar-refractivity contribution in [1.29, 1.82) is 0 Å². The van der Waals surface area contributed by atoms with Gasteiger partial charge < -0.3 is 14.6 Å². The summed E-state index contributed by atoms with van der Waals surface area (Å²) in [5.74, 6) is 0.831. The molecule has 1 aromatic heterocycles. The van der Waals surface area contributed by atoms with Gasteiger partial charge in [-0.05, 0) is 18.6 Å². The number of hydrogen-bond acceptors (Lipinski definition) is 6. The molecular formula is C14H18ClN3O3. The van der Waals surface area contributed by atoms with Gasteiger partial charge >= 0.3 is 0 Å². The first-order valence-electron chi connectivity index (χ1n) is 6.76. The predicted octanol–water partition coefficient (Wildman–Crippen LogP) is 1.57. The molecule has 0 saturated heterocycles. The molecule has 0 aliphatic rings. The summed E-state index contributed by atoms with van der Waals surface area (Å²) in [7, 11) is 0. The highest BCUT2D eigenvalue weighted by Gasteiger charge is 2.14. The second kappa shape index (κ2) is 8.09. The molecule has 21 heavy (non-hydrogen) atoms. The molecule has 2 rings (SSSR count). The predicted molar refractivity (Wildman–Crippen MR) is 78.8 cm³/mol. The minimum absolute atomic E-state index is 0.0386. The summed E-state index contributed by atoms with van der Waals surface area (Å²) in [5.41, 5.74) is 0.696. The van der Waals surface area contributed by atoms with Gasteiger partial charge in [0.05, 0.1) is 23.7 Å². The molecule has 0 atom stereocenters. The molecule has 6 nitrogen and oxygen atoms in total. The van der Waals surface area contributed by atoms with E-state index in [9.17, 15) is 0 Å². The number of benzene rings is 1. The Balaban J connectivity index is 2.06. The van der Waals surface area contributed by atoms with Gasteiger partial charge in [-0.1, -0.05) is 23.7 Å². The largest absolute Gasteiger partial charge is 0.419 e. The lowest BCUT2D eigenvalue weighted by molar-refractivity contribution is 0.164. The van der Waals surface area contributed by atoms with Crippen LogP contribution in [-0.2, 0) is 6.54 Å². The maximum Gasteiger partial charge on any atom is 0.249 e. The minimum atomic E-state index is 0.0386. The van der Waals surface area contributed by atoms with Gasteiger partial charge in [0.25, 0.3) is 0 Å². The second-order valence-corrected chi connectivity index (χ2v) is 4.96. The Hall–Kier alpha value is -1.47. The van der Waals surface area contributed by atoms with Crippen LogP contribution in [-0.4, -0.2) is 51.6 Å². The molecule has 0 bridgehead atoms. The standard InChI is InChI=1S/C14H18ClN3O3/c15-12-5-2-1-4-11(12)14-17-16-13(21-14)10-18(7-9-20)6-3-8-19/h1-2,4-5,19-20H,3,6-10H2. The quantitative estimate of drug-likeness (QED) is 0.770. The van der Waals surface area contributed by atoms with Gasteiger partial charge in [-0.2, -0.15) is 0 Å². The first-order chi connectivity index (χ1) is 10.2. The van der Waals surface area contributed by atoms with E-state index in [1.165, 1.54) is 0 Å². The van der Waals surface area contributed by atoms with Crippen molar-refractivity contribution in [2.24, 2.45) is 0 Å². The van der Waals surface area contributed by atoms with Crippen molar-refractivity contribution in [3.63, 3.8) is 0 Å². The van der Waals surface area contributed by atoms with Gasteiger partial charge in [0, 0.05) is 19.7 Å². The van der Waals surface area contributed by atoms with Crippen LogP contribution in [0.4, 0.5) is 0 Å². The maximum atomic E-state index is 9.05. The molecular weight excluding hydrogens is 294 g/mol. The van der Waals surface area contributed by atoms with Crippen LogP contribution in [0.25, 0.3) is 11.5 Å². The summed E-state index contributed by atoms with van der Waals surface area (Å²) < 4.78 is 5.61. The number of aromatic nitrogens is 2. The van der Waals surface area contributed by atoms with E-state index in [0.29, 0.717) is 48.4 Å². The Morgan fingerprint density at radius 1 is 1.10 bits per heavy atom. The summed E-state index contributed by atoms with van der Waals surface area (Å²) in [5, 5.41) is 26.5. The fourth-order valence-corrected chi connectivity index (χ4v) is 2.17. The van der Waals surface area contributed by atoms with E-state index in [0.717, 1.165) is 0 Å². The lowest BCUT2D eigenvalue weighted by Crippen LogP contribution is -2.28. The van der Waals surface area contributed by atoms with E-state index in [1.807, 2.05) is 23.1 Å². The van der Waals surface area contributed by atoms with Crippen LogP contribution in [0.15, 0.2) is 28.7 Å². The maximum absolute atomic E-state index is 9.05. The molecule has 0 aliphatic heterocycles. The zero-order valence-corrected chi connectivity index (χ0v) is 12.3. The zero-order valence-electron chi connectivity index (χ0n) is 11.6. The lowest BCUT2D eigenvalue weighted by Gasteiger charge is -2.18. The topological polar surface area (TPSA) is 82.6 Å². The Labute approximate surface area is 128 Å². The molecule has 1 aromatic carbocycles. The smallest absolute Gasteiger partial charge is 0.249 e. The first-order valence-corrected chi connectivity index (χ1v) is 7.13. The Morgan fingerprint density at radius 2 is 1.90 bits per heavy atom. The highest BCUT2D eigenvalue weighted by Crippen LogP contribution is 2.26. The number of aliphatic hydroxyl groups excluding tert-OH is 2. The molecule has 7 heteroatoms. The molecule has 0 fully saturated rings. The van der Waals surface area contributed by atoms with Crippen molar-refractivity contribution in [3.05, 3.63) is 35.2 Å². The van der Waals surface area contributed by atoms with Crippen LogP contribution >= 0.6 is 11.6 Å². The number of halogens is 1. The van der Waals surface area contributed by atoms with E-state index >= 15 is 0 Å². The third-order valence-corrected chi connectivity index (χ3v) is 3.31. The molecule has 0 saturated carbocycles. The SMILES string of the molecule is OCCCN(CCO)Cc1nnc(-c2ccccc2Cl)o1. The molecule has 0 aliphatic carbocycles. The molecule has 1 heterocycles. The van der Waals surface area contributed by atoms with Crippen molar-refractivity contribution < 1.29 is 14.6 Å².